The van der Waals surface area contributed by atoms with E-state index in [-0.39, 0.29) is 18.7 Å². The molecule has 21 heavy (non-hydrogen) atoms. The van der Waals surface area contributed by atoms with Crippen LogP contribution in [0.2, 0.25) is 0 Å². The van der Waals surface area contributed by atoms with Gasteiger partial charge in [0.25, 0.3) is 0 Å². The van der Waals surface area contributed by atoms with Gasteiger partial charge >= 0.3 is 0 Å². The number of carbonyl (C=O) groups is 1. The Morgan fingerprint density at radius 3 is 2.95 bits per heavy atom. The van der Waals surface area contributed by atoms with Crippen LogP contribution in [-0.2, 0) is 20.8 Å². The van der Waals surface area contributed by atoms with Crippen LogP contribution in [0.5, 0.6) is 0 Å². The summed E-state index contributed by atoms with van der Waals surface area (Å²) in [5, 5.41) is 6.78. The minimum absolute atomic E-state index is 0.109. The molecule has 1 amide bonds. The summed E-state index contributed by atoms with van der Waals surface area (Å²) >= 11 is 0. The molecule has 1 aromatic carbocycles. The van der Waals surface area contributed by atoms with Gasteiger partial charge < -0.3 is 20.5 Å². The first-order valence-corrected chi connectivity index (χ1v) is 6.62. The molecule has 1 aromatic heterocycles. The van der Waals surface area contributed by atoms with Gasteiger partial charge in [0.15, 0.2) is 6.29 Å². The van der Waals surface area contributed by atoms with Crippen LogP contribution in [0.3, 0.4) is 0 Å². The summed E-state index contributed by atoms with van der Waals surface area (Å²) in [6.07, 6.45) is 2.76. The molecule has 3 N–H and O–H groups in total. The molecule has 0 bridgehead atoms. The van der Waals surface area contributed by atoms with E-state index in [1.807, 2.05) is 24.3 Å². The first-order valence-electron chi connectivity index (χ1n) is 6.62. The molecule has 110 valence electrons. The van der Waals surface area contributed by atoms with Crippen molar-refractivity contribution in [3.05, 3.63) is 42.2 Å². The van der Waals surface area contributed by atoms with Crippen molar-refractivity contribution in [3.8, 4) is 0 Å². The third-order valence-electron chi connectivity index (χ3n) is 3.02. The Balaban J connectivity index is 1.64. The van der Waals surface area contributed by atoms with Crippen LogP contribution in [0.25, 0.3) is 0 Å². The second-order valence-corrected chi connectivity index (χ2v) is 4.72. The standard InChI is InChI=1S/C14H16N4O3/c15-11-7-16-18(8-11)9-13(19)17-12-3-1-2-10(6-12)14-20-4-5-21-14/h1-3,6-8,14H,4-5,9,15H2,(H,17,19). The molecule has 1 aliphatic heterocycles. The minimum Gasteiger partial charge on any atom is -0.396 e. The third-order valence-corrected chi connectivity index (χ3v) is 3.02. The second kappa shape index (κ2) is 5.94. The van der Waals surface area contributed by atoms with Gasteiger partial charge in [-0.3, -0.25) is 9.48 Å². The van der Waals surface area contributed by atoms with Crippen LogP contribution in [-0.4, -0.2) is 28.9 Å². The number of nitrogens with two attached hydrogens (primary N) is 1. The zero-order chi connectivity index (χ0) is 14.7. The van der Waals surface area contributed by atoms with Gasteiger partial charge in [-0.2, -0.15) is 5.10 Å². The average molecular weight is 288 g/mol. The number of ether oxygens (including phenoxy) is 2. The number of anilines is 2. The van der Waals surface area contributed by atoms with Crippen LogP contribution in [0.15, 0.2) is 36.7 Å². The normalized spacial score (nSPS) is 15.2. The first-order chi connectivity index (χ1) is 10.2. The lowest BCUT2D eigenvalue weighted by Gasteiger charge is -2.11. The first kappa shape index (κ1) is 13.6. The summed E-state index contributed by atoms with van der Waals surface area (Å²) in [5.41, 5.74) is 7.66. The van der Waals surface area contributed by atoms with E-state index >= 15 is 0 Å². The molecule has 7 nitrogen and oxygen atoms in total. The number of carbonyl (C=O) groups excluding carboxylic acids is 1. The van der Waals surface area contributed by atoms with E-state index in [9.17, 15) is 4.79 Å². The van der Waals surface area contributed by atoms with Crippen molar-refractivity contribution < 1.29 is 14.3 Å². The molecule has 3 rings (SSSR count). The number of aromatic nitrogens is 2. The topological polar surface area (TPSA) is 91.4 Å². The molecule has 0 aliphatic carbocycles. The minimum atomic E-state index is -0.354. The Labute approximate surface area is 121 Å². The summed E-state index contributed by atoms with van der Waals surface area (Å²) in [5.74, 6) is -0.177. The Morgan fingerprint density at radius 2 is 2.24 bits per heavy atom. The van der Waals surface area contributed by atoms with Gasteiger partial charge in [0.05, 0.1) is 25.1 Å². The number of nitrogens with zero attached hydrogens (tertiary/aromatic N) is 2. The molecular weight excluding hydrogens is 272 g/mol. The average Bonchev–Trinajstić information content (AvgIpc) is 3.11. The van der Waals surface area contributed by atoms with Crippen molar-refractivity contribution in [2.45, 2.75) is 12.8 Å². The highest BCUT2D eigenvalue weighted by Crippen LogP contribution is 2.25. The summed E-state index contributed by atoms with van der Waals surface area (Å²) in [4.78, 5) is 11.9. The molecule has 0 saturated carbocycles. The second-order valence-electron chi connectivity index (χ2n) is 4.72. The van der Waals surface area contributed by atoms with Crippen molar-refractivity contribution in [1.29, 1.82) is 0 Å². The van der Waals surface area contributed by atoms with E-state index in [1.54, 1.807) is 6.20 Å². The van der Waals surface area contributed by atoms with E-state index < -0.39 is 0 Å². The maximum atomic E-state index is 11.9. The lowest BCUT2D eigenvalue weighted by molar-refractivity contribution is -0.116. The molecule has 2 aromatic rings. The Bertz CT molecular complexity index is 635. The SMILES string of the molecule is Nc1cnn(CC(=O)Nc2cccc(C3OCCO3)c2)c1. The molecule has 1 aliphatic rings. The molecule has 1 saturated heterocycles. The van der Waals surface area contributed by atoms with Crippen LogP contribution in [0.4, 0.5) is 11.4 Å². The molecule has 0 atom stereocenters. The van der Waals surface area contributed by atoms with E-state index in [0.717, 1.165) is 5.56 Å². The Kier molecular flexibility index (Phi) is 3.85. The summed E-state index contributed by atoms with van der Waals surface area (Å²) in [7, 11) is 0. The molecule has 1 fully saturated rings. The summed E-state index contributed by atoms with van der Waals surface area (Å²) in [6.45, 7) is 1.28. The monoisotopic (exact) mass is 288 g/mol. The zero-order valence-corrected chi connectivity index (χ0v) is 11.4. The van der Waals surface area contributed by atoms with E-state index in [0.29, 0.717) is 24.6 Å². The van der Waals surface area contributed by atoms with E-state index in [4.69, 9.17) is 15.2 Å². The Hall–Kier alpha value is -2.38. The van der Waals surface area contributed by atoms with Crippen molar-refractivity contribution in [2.75, 3.05) is 24.3 Å². The molecule has 2 heterocycles. The number of benzene rings is 1. The molecule has 0 radical (unpaired) electrons. The van der Waals surface area contributed by atoms with Crippen LogP contribution < -0.4 is 11.1 Å². The number of hydrogen-bond acceptors (Lipinski definition) is 5. The van der Waals surface area contributed by atoms with E-state index in [1.165, 1.54) is 10.9 Å². The molecule has 0 spiro atoms. The Morgan fingerprint density at radius 1 is 1.43 bits per heavy atom. The molecule has 0 unspecified atom stereocenters. The van der Waals surface area contributed by atoms with Gasteiger partial charge in [-0.15, -0.1) is 0 Å². The number of amides is 1. The molecular formula is C14H16N4O3. The van der Waals surface area contributed by atoms with E-state index in [2.05, 4.69) is 10.4 Å². The van der Waals surface area contributed by atoms with Gasteiger partial charge in [-0.25, -0.2) is 0 Å². The van der Waals surface area contributed by atoms with Gasteiger partial charge in [-0.1, -0.05) is 12.1 Å². The fourth-order valence-electron chi connectivity index (χ4n) is 2.13. The quantitative estimate of drug-likeness (QED) is 0.880. The maximum absolute atomic E-state index is 11.9. The lowest BCUT2D eigenvalue weighted by Crippen LogP contribution is -2.19. The van der Waals surface area contributed by atoms with Gasteiger partial charge in [0, 0.05) is 17.4 Å². The van der Waals surface area contributed by atoms with Crippen molar-refractivity contribution in [1.82, 2.24) is 9.78 Å². The van der Waals surface area contributed by atoms with Crippen molar-refractivity contribution >= 4 is 17.3 Å². The summed E-state index contributed by atoms with van der Waals surface area (Å²) < 4.78 is 12.4. The smallest absolute Gasteiger partial charge is 0.246 e. The van der Waals surface area contributed by atoms with Gasteiger partial charge in [-0.05, 0) is 12.1 Å². The number of rotatable bonds is 4. The van der Waals surface area contributed by atoms with Gasteiger partial charge in [0.2, 0.25) is 5.91 Å². The predicted molar refractivity (Wildman–Crippen MR) is 76.4 cm³/mol. The third kappa shape index (κ3) is 3.39. The predicted octanol–water partition coefficient (Wildman–Crippen LogP) is 1.15. The highest BCUT2D eigenvalue weighted by atomic mass is 16.7. The zero-order valence-electron chi connectivity index (χ0n) is 11.4. The van der Waals surface area contributed by atoms with Crippen LogP contribution in [0.1, 0.15) is 11.9 Å². The fourth-order valence-corrected chi connectivity index (χ4v) is 2.13. The van der Waals surface area contributed by atoms with Crippen molar-refractivity contribution in [2.24, 2.45) is 0 Å². The van der Waals surface area contributed by atoms with Crippen LogP contribution in [0, 0.1) is 0 Å². The van der Waals surface area contributed by atoms with Gasteiger partial charge in [0.1, 0.15) is 6.54 Å². The lowest BCUT2D eigenvalue weighted by atomic mass is 10.2. The summed E-state index contributed by atoms with van der Waals surface area (Å²) in [6, 6.07) is 7.40. The van der Waals surface area contributed by atoms with Crippen molar-refractivity contribution in [3.63, 3.8) is 0 Å². The number of nitrogen functional groups attached to an aromatic ring is 1. The van der Waals surface area contributed by atoms with Crippen LogP contribution >= 0.6 is 0 Å². The molecule has 7 heteroatoms. The largest absolute Gasteiger partial charge is 0.396 e. The number of nitrogens with one attached hydrogen (secondary N) is 1. The number of hydrogen-bond donors (Lipinski definition) is 2. The highest BCUT2D eigenvalue weighted by molar-refractivity contribution is 5.90. The fraction of sp³-hybridized carbons (Fsp3) is 0.286. The highest BCUT2D eigenvalue weighted by Gasteiger charge is 2.18. The maximum Gasteiger partial charge on any atom is 0.246 e.